The van der Waals surface area contributed by atoms with Crippen molar-refractivity contribution in [2.24, 2.45) is 11.7 Å². The van der Waals surface area contributed by atoms with Crippen molar-refractivity contribution in [3.05, 3.63) is 38.3 Å². The largest absolute Gasteiger partial charge is 0.327 e. The van der Waals surface area contributed by atoms with Crippen LogP contribution >= 0.6 is 15.9 Å². The van der Waals surface area contributed by atoms with Gasteiger partial charge in [-0.2, -0.15) is 0 Å². The molecule has 0 spiro atoms. The smallest absolute Gasteiger partial charge is 0.283 e. The monoisotopic (exact) mass is 312 g/mol. The Labute approximate surface area is 115 Å². The van der Waals surface area contributed by atoms with Gasteiger partial charge in [-0.3, -0.25) is 10.1 Å². The Morgan fingerprint density at radius 3 is 2.72 bits per heavy atom. The first kappa shape index (κ1) is 13.5. The molecule has 0 aromatic heterocycles. The van der Waals surface area contributed by atoms with Gasteiger partial charge in [-0.1, -0.05) is 25.0 Å². The average molecular weight is 313 g/mol. The standard InChI is InChI=1S/C13H17BrN2O2/c14-13-10(6-3-7-12(13)16(17)18)8-11(15)9-4-1-2-5-9/h3,6-7,9,11H,1-2,4-5,8,15H2. The molecule has 1 aromatic carbocycles. The van der Waals surface area contributed by atoms with Crippen LogP contribution in [0, 0.1) is 16.0 Å². The average Bonchev–Trinajstić information content (AvgIpc) is 2.85. The van der Waals surface area contributed by atoms with Crippen molar-refractivity contribution in [2.45, 2.75) is 38.1 Å². The van der Waals surface area contributed by atoms with Crippen LogP contribution in [0.25, 0.3) is 0 Å². The zero-order valence-electron chi connectivity index (χ0n) is 10.1. The topological polar surface area (TPSA) is 69.2 Å². The predicted octanol–water partition coefficient (Wildman–Crippen LogP) is 3.42. The van der Waals surface area contributed by atoms with Crippen molar-refractivity contribution in [3.63, 3.8) is 0 Å². The van der Waals surface area contributed by atoms with Gasteiger partial charge in [0.1, 0.15) is 0 Å². The summed E-state index contributed by atoms with van der Waals surface area (Å²) in [5.41, 5.74) is 7.27. The SMILES string of the molecule is NC(Cc1cccc([N+](=O)[O-])c1Br)C1CCCC1. The van der Waals surface area contributed by atoms with Gasteiger partial charge in [0.15, 0.2) is 0 Å². The van der Waals surface area contributed by atoms with E-state index in [1.165, 1.54) is 31.7 Å². The first-order valence-electron chi connectivity index (χ1n) is 6.27. The van der Waals surface area contributed by atoms with E-state index >= 15 is 0 Å². The number of nitrogens with zero attached hydrogens (tertiary/aromatic N) is 1. The minimum atomic E-state index is -0.366. The Morgan fingerprint density at radius 1 is 1.44 bits per heavy atom. The molecule has 18 heavy (non-hydrogen) atoms. The summed E-state index contributed by atoms with van der Waals surface area (Å²) >= 11 is 3.32. The highest BCUT2D eigenvalue weighted by Gasteiger charge is 2.24. The quantitative estimate of drug-likeness (QED) is 0.684. The van der Waals surface area contributed by atoms with E-state index in [9.17, 15) is 10.1 Å². The summed E-state index contributed by atoms with van der Waals surface area (Å²) in [6, 6.07) is 5.24. The number of hydrogen-bond donors (Lipinski definition) is 1. The molecule has 0 aliphatic heterocycles. The second kappa shape index (κ2) is 5.80. The van der Waals surface area contributed by atoms with Crippen LogP contribution in [0.3, 0.4) is 0 Å². The number of halogens is 1. The van der Waals surface area contributed by atoms with Crippen molar-refractivity contribution >= 4 is 21.6 Å². The molecular formula is C13H17BrN2O2. The molecule has 0 radical (unpaired) electrons. The van der Waals surface area contributed by atoms with Crippen LogP contribution in [-0.4, -0.2) is 11.0 Å². The van der Waals surface area contributed by atoms with Gasteiger partial charge < -0.3 is 5.73 Å². The predicted molar refractivity (Wildman–Crippen MR) is 74.4 cm³/mol. The fourth-order valence-corrected chi connectivity index (χ4v) is 3.24. The molecule has 5 heteroatoms. The molecule has 1 fully saturated rings. The third kappa shape index (κ3) is 2.90. The molecule has 0 amide bonds. The summed E-state index contributed by atoms with van der Waals surface area (Å²) in [7, 11) is 0. The summed E-state index contributed by atoms with van der Waals surface area (Å²) in [6.07, 6.45) is 5.59. The van der Waals surface area contributed by atoms with Crippen molar-refractivity contribution < 1.29 is 4.92 Å². The minimum Gasteiger partial charge on any atom is -0.327 e. The maximum Gasteiger partial charge on any atom is 0.283 e. The van der Waals surface area contributed by atoms with Crippen LogP contribution in [0.5, 0.6) is 0 Å². The van der Waals surface area contributed by atoms with Crippen LogP contribution < -0.4 is 5.73 Å². The van der Waals surface area contributed by atoms with Crippen LogP contribution in [0.2, 0.25) is 0 Å². The van der Waals surface area contributed by atoms with Gasteiger partial charge in [0.25, 0.3) is 5.69 Å². The number of nitro benzene ring substituents is 1. The van der Waals surface area contributed by atoms with Gasteiger partial charge in [0, 0.05) is 12.1 Å². The summed E-state index contributed by atoms with van der Waals surface area (Å²) in [4.78, 5) is 10.5. The van der Waals surface area contributed by atoms with Crippen LogP contribution in [0.15, 0.2) is 22.7 Å². The lowest BCUT2D eigenvalue weighted by molar-refractivity contribution is -0.385. The molecule has 1 aromatic rings. The van der Waals surface area contributed by atoms with Crippen molar-refractivity contribution in [1.29, 1.82) is 0 Å². The highest BCUT2D eigenvalue weighted by molar-refractivity contribution is 9.10. The zero-order chi connectivity index (χ0) is 13.1. The van der Waals surface area contributed by atoms with Crippen molar-refractivity contribution in [1.82, 2.24) is 0 Å². The van der Waals surface area contributed by atoms with E-state index < -0.39 is 0 Å². The summed E-state index contributed by atoms with van der Waals surface area (Å²) in [5, 5.41) is 10.9. The van der Waals surface area contributed by atoms with Gasteiger partial charge in [0.05, 0.1) is 9.40 Å². The third-order valence-corrected chi connectivity index (χ3v) is 4.63. The normalized spacial score (nSPS) is 17.9. The first-order chi connectivity index (χ1) is 8.59. The fraction of sp³-hybridized carbons (Fsp3) is 0.538. The number of rotatable bonds is 4. The lowest BCUT2D eigenvalue weighted by Crippen LogP contribution is -2.30. The van der Waals surface area contributed by atoms with E-state index in [1.807, 2.05) is 6.07 Å². The minimum absolute atomic E-state index is 0.103. The Bertz CT molecular complexity index is 445. The molecule has 1 atom stereocenters. The molecule has 1 unspecified atom stereocenters. The van der Waals surface area contributed by atoms with Gasteiger partial charge in [-0.25, -0.2) is 0 Å². The molecule has 98 valence electrons. The van der Waals surface area contributed by atoms with E-state index in [1.54, 1.807) is 6.07 Å². The molecule has 2 N–H and O–H groups in total. The van der Waals surface area contributed by atoms with Gasteiger partial charge in [-0.15, -0.1) is 0 Å². The summed E-state index contributed by atoms with van der Waals surface area (Å²) in [6.45, 7) is 0. The Kier molecular flexibility index (Phi) is 4.35. The number of hydrogen-bond acceptors (Lipinski definition) is 3. The highest BCUT2D eigenvalue weighted by atomic mass is 79.9. The summed E-state index contributed by atoms with van der Waals surface area (Å²) in [5.74, 6) is 0.566. The van der Waals surface area contributed by atoms with Crippen LogP contribution in [0.4, 0.5) is 5.69 Å². The second-order valence-electron chi connectivity index (χ2n) is 4.92. The lowest BCUT2D eigenvalue weighted by atomic mass is 9.93. The Morgan fingerprint density at radius 2 is 2.11 bits per heavy atom. The number of nitro groups is 1. The molecule has 0 saturated heterocycles. The molecular weight excluding hydrogens is 296 g/mol. The molecule has 1 aliphatic carbocycles. The molecule has 4 nitrogen and oxygen atoms in total. The lowest BCUT2D eigenvalue weighted by Gasteiger charge is -2.19. The first-order valence-corrected chi connectivity index (χ1v) is 7.06. The molecule has 0 bridgehead atoms. The van der Waals surface area contributed by atoms with Gasteiger partial charge in [0.2, 0.25) is 0 Å². The highest BCUT2D eigenvalue weighted by Crippen LogP contribution is 2.32. The maximum atomic E-state index is 10.9. The van der Waals surface area contributed by atoms with E-state index in [4.69, 9.17) is 5.73 Å². The maximum absolute atomic E-state index is 10.9. The number of nitrogens with two attached hydrogens (primary N) is 1. The van der Waals surface area contributed by atoms with Gasteiger partial charge in [-0.05, 0) is 46.7 Å². The Balaban J connectivity index is 2.13. The van der Waals surface area contributed by atoms with Gasteiger partial charge >= 0.3 is 0 Å². The number of benzene rings is 1. The van der Waals surface area contributed by atoms with Crippen molar-refractivity contribution in [2.75, 3.05) is 0 Å². The third-order valence-electron chi connectivity index (χ3n) is 3.72. The molecule has 0 heterocycles. The van der Waals surface area contributed by atoms with Crippen LogP contribution in [-0.2, 0) is 6.42 Å². The van der Waals surface area contributed by atoms with E-state index in [-0.39, 0.29) is 16.7 Å². The fourth-order valence-electron chi connectivity index (χ4n) is 2.67. The Hall–Kier alpha value is -0.940. The van der Waals surface area contributed by atoms with Crippen molar-refractivity contribution in [3.8, 4) is 0 Å². The second-order valence-corrected chi connectivity index (χ2v) is 5.71. The summed E-state index contributed by atoms with van der Waals surface area (Å²) < 4.78 is 0.573. The van der Waals surface area contributed by atoms with E-state index in [0.717, 1.165) is 5.56 Å². The van der Waals surface area contributed by atoms with E-state index in [0.29, 0.717) is 16.8 Å². The van der Waals surface area contributed by atoms with E-state index in [2.05, 4.69) is 15.9 Å². The molecule has 1 aliphatic rings. The van der Waals surface area contributed by atoms with Crippen LogP contribution in [0.1, 0.15) is 31.2 Å². The molecule has 2 rings (SSSR count). The molecule has 1 saturated carbocycles. The zero-order valence-corrected chi connectivity index (χ0v) is 11.7.